The molecule has 0 radical (unpaired) electrons. The summed E-state index contributed by atoms with van der Waals surface area (Å²) in [5, 5.41) is 11.7. The maximum atomic E-state index is 12.1. The monoisotopic (exact) mass is 271 g/mol. The minimum absolute atomic E-state index is 0.0911. The molecule has 0 bridgehead atoms. The largest absolute Gasteiger partial charge is 0.480 e. The van der Waals surface area contributed by atoms with E-state index in [2.05, 4.69) is 24.1 Å². The fourth-order valence-electron chi connectivity index (χ4n) is 2.15. The van der Waals surface area contributed by atoms with E-state index in [0.29, 0.717) is 13.1 Å². The molecule has 1 fully saturated rings. The first-order chi connectivity index (χ1) is 8.65. The van der Waals surface area contributed by atoms with Crippen molar-refractivity contribution in [1.29, 1.82) is 0 Å². The van der Waals surface area contributed by atoms with E-state index in [9.17, 15) is 9.59 Å². The number of piperazine rings is 1. The van der Waals surface area contributed by atoms with Gasteiger partial charge in [0.2, 0.25) is 0 Å². The van der Waals surface area contributed by atoms with Crippen molar-refractivity contribution >= 4 is 12.0 Å². The number of hydrogen-bond donors (Lipinski definition) is 2. The molecule has 6 nitrogen and oxygen atoms in total. The van der Waals surface area contributed by atoms with Crippen LogP contribution in [0.5, 0.6) is 0 Å². The van der Waals surface area contributed by atoms with Crippen molar-refractivity contribution in [3.63, 3.8) is 0 Å². The Bertz CT molecular complexity index is 355. The van der Waals surface area contributed by atoms with Crippen LogP contribution < -0.4 is 5.32 Å². The van der Waals surface area contributed by atoms with Crippen molar-refractivity contribution in [2.75, 3.05) is 26.7 Å². The third-order valence-electron chi connectivity index (χ3n) is 3.82. The van der Waals surface area contributed by atoms with Crippen LogP contribution in [-0.4, -0.2) is 65.2 Å². The molecule has 1 unspecified atom stereocenters. The van der Waals surface area contributed by atoms with Gasteiger partial charge in [0.05, 0.1) is 0 Å². The lowest BCUT2D eigenvalue weighted by atomic mass is 10.00. The van der Waals surface area contributed by atoms with Gasteiger partial charge in [0, 0.05) is 25.2 Å². The van der Waals surface area contributed by atoms with Gasteiger partial charge in [0.15, 0.2) is 0 Å². The summed E-state index contributed by atoms with van der Waals surface area (Å²) in [4.78, 5) is 27.1. The highest BCUT2D eigenvalue weighted by Crippen LogP contribution is 2.19. The number of carbonyl (C=O) groups excluding carboxylic acids is 1. The summed E-state index contributed by atoms with van der Waals surface area (Å²) in [5.41, 5.74) is -0.0911. The molecule has 0 spiro atoms. The highest BCUT2D eigenvalue weighted by molar-refractivity contribution is 5.82. The standard InChI is InChI=1S/C13H25N3O3/c1-9(2)10(11(17)18)14-12(19)16-7-6-15(5)13(3,4)8-16/h9-10H,6-8H2,1-5H3,(H,14,19)(H,17,18). The predicted octanol–water partition coefficient (Wildman–Crippen LogP) is 0.831. The van der Waals surface area contributed by atoms with Crippen molar-refractivity contribution in [2.45, 2.75) is 39.3 Å². The number of likely N-dealkylation sites (N-methyl/N-ethyl adjacent to an activating group) is 1. The maximum Gasteiger partial charge on any atom is 0.326 e. The van der Waals surface area contributed by atoms with Gasteiger partial charge in [-0.2, -0.15) is 0 Å². The molecule has 1 aliphatic heterocycles. The zero-order chi connectivity index (χ0) is 14.8. The van der Waals surface area contributed by atoms with Crippen molar-refractivity contribution in [2.24, 2.45) is 5.92 Å². The first-order valence-corrected chi connectivity index (χ1v) is 6.64. The number of nitrogens with zero attached hydrogens (tertiary/aromatic N) is 2. The third kappa shape index (κ3) is 3.83. The Morgan fingerprint density at radius 1 is 1.26 bits per heavy atom. The Kier molecular flexibility index (Phi) is 4.79. The van der Waals surface area contributed by atoms with Crippen LogP contribution in [0.4, 0.5) is 4.79 Å². The number of carboxylic acid groups (broad SMARTS) is 1. The van der Waals surface area contributed by atoms with Crippen molar-refractivity contribution in [1.82, 2.24) is 15.1 Å². The van der Waals surface area contributed by atoms with Crippen LogP contribution in [0.3, 0.4) is 0 Å². The molecular weight excluding hydrogens is 246 g/mol. The summed E-state index contributed by atoms with van der Waals surface area (Å²) in [6.45, 7) is 9.73. The summed E-state index contributed by atoms with van der Waals surface area (Å²) in [6.07, 6.45) is 0. The normalized spacial score (nSPS) is 21.3. The molecule has 1 atom stereocenters. The average molecular weight is 271 g/mol. The molecule has 0 aromatic rings. The second-order valence-corrected chi connectivity index (χ2v) is 6.16. The number of urea groups is 1. The van der Waals surface area contributed by atoms with Crippen LogP contribution in [0.1, 0.15) is 27.7 Å². The Morgan fingerprint density at radius 3 is 2.26 bits per heavy atom. The van der Waals surface area contributed by atoms with Crippen LogP contribution in [0.2, 0.25) is 0 Å². The quantitative estimate of drug-likeness (QED) is 0.797. The second kappa shape index (κ2) is 5.77. The number of rotatable bonds is 3. The highest BCUT2D eigenvalue weighted by Gasteiger charge is 2.34. The molecule has 19 heavy (non-hydrogen) atoms. The molecular formula is C13H25N3O3. The second-order valence-electron chi connectivity index (χ2n) is 6.16. The molecule has 1 heterocycles. The number of carboxylic acids is 1. The number of aliphatic carboxylic acids is 1. The Morgan fingerprint density at radius 2 is 1.84 bits per heavy atom. The lowest BCUT2D eigenvalue weighted by Gasteiger charge is -2.45. The number of nitrogens with one attached hydrogen (secondary N) is 1. The molecule has 2 amide bonds. The lowest BCUT2D eigenvalue weighted by molar-refractivity contribution is -0.140. The van der Waals surface area contributed by atoms with Gasteiger partial charge in [-0.1, -0.05) is 13.8 Å². The van der Waals surface area contributed by atoms with Crippen LogP contribution in [0.25, 0.3) is 0 Å². The molecule has 2 N–H and O–H groups in total. The number of amides is 2. The Hall–Kier alpha value is -1.30. The van der Waals surface area contributed by atoms with Crippen LogP contribution >= 0.6 is 0 Å². The molecule has 110 valence electrons. The van der Waals surface area contributed by atoms with E-state index in [0.717, 1.165) is 6.54 Å². The molecule has 0 aromatic heterocycles. The third-order valence-corrected chi connectivity index (χ3v) is 3.82. The molecule has 0 saturated carbocycles. The van der Waals surface area contributed by atoms with E-state index in [1.165, 1.54) is 0 Å². The minimum Gasteiger partial charge on any atom is -0.480 e. The van der Waals surface area contributed by atoms with Gasteiger partial charge in [0.25, 0.3) is 0 Å². The van der Waals surface area contributed by atoms with Gasteiger partial charge in [0.1, 0.15) is 6.04 Å². The summed E-state index contributed by atoms with van der Waals surface area (Å²) >= 11 is 0. The minimum atomic E-state index is -0.989. The fourth-order valence-corrected chi connectivity index (χ4v) is 2.15. The zero-order valence-corrected chi connectivity index (χ0v) is 12.4. The Balaban J connectivity index is 2.66. The fraction of sp³-hybridized carbons (Fsp3) is 0.846. The highest BCUT2D eigenvalue weighted by atomic mass is 16.4. The van der Waals surface area contributed by atoms with Crippen molar-refractivity contribution in [3.05, 3.63) is 0 Å². The SMILES string of the molecule is CC(C)C(NC(=O)N1CCN(C)C(C)(C)C1)C(=O)O. The van der Waals surface area contributed by atoms with E-state index >= 15 is 0 Å². The smallest absolute Gasteiger partial charge is 0.326 e. The molecule has 6 heteroatoms. The maximum absolute atomic E-state index is 12.1. The molecule has 1 saturated heterocycles. The summed E-state index contributed by atoms with van der Waals surface area (Å²) in [6, 6.07) is -1.13. The molecule has 1 aliphatic rings. The van der Waals surface area contributed by atoms with E-state index in [1.807, 2.05) is 7.05 Å². The number of hydrogen-bond acceptors (Lipinski definition) is 3. The summed E-state index contributed by atoms with van der Waals surface area (Å²) < 4.78 is 0. The van der Waals surface area contributed by atoms with Crippen molar-refractivity contribution < 1.29 is 14.7 Å². The molecule has 0 aromatic carbocycles. The van der Waals surface area contributed by atoms with E-state index in [1.54, 1.807) is 18.7 Å². The number of carbonyl (C=O) groups is 2. The van der Waals surface area contributed by atoms with Crippen LogP contribution in [-0.2, 0) is 4.79 Å². The van der Waals surface area contributed by atoms with Gasteiger partial charge < -0.3 is 15.3 Å². The first-order valence-electron chi connectivity index (χ1n) is 6.64. The van der Waals surface area contributed by atoms with E-state index < -0.39 is 12.0 Å². The van der Waals surface area contributed by atoms with Gasteiger partial charge in [-0.05, 0) is 26.8 Å². The Labute approximate surface area is 114 Å². The summed E-state index contributed by atoms with van der Waals surface area (Å²) in [5.74, 6) is -1.13. The first kappa shape index (κ1) is 15.8. The lowest BCUT2D eigenvalue weighted by Crippen LogP contribution is -2.61. The topological polar surface area (TPSA) is 72.9 Å². The van der Waals surface area contributed by atoms with E-state index in [-0.39, 0.29) is 17.5 Å². The van der Waals surface area contributed by atoms with Gasteiger partial charge in [-0.15, -0.1) is 0 Å². The van der Waals surface area contributed by atoms with Gasteiger partial charge in [-0.25, -0.2) is 9.59 Å². The summed E-state index contributed by atoms with van der Waals surface area (Å²) in [7, 11) is 2.03. The van der Waals surface area contributed by atoms with E-state index in [4.69, 9.17) is 5.11 Å². The van der Waals surface area contributed by atoms with Crippen LogP contribution in [0, 0.1) is 5.92 Å². The van der Waals surface area contributed by atoms with Crippen molar-refractivity contribution in [3.8, 4) is 0 Å². The van der Waals surface area contributed by atoms with Gasteiger partial charge in [-0.3, -0.25) is 4.90 Å². The molecule has 1 rings (SSSR count). The average Bonchev–Trinajstić information content (AvgIpc) is 2.28. The van der Waals surface area contributed by atoms with Gasteiger partial charge >= 0.3 is 12.0 Å². The molecule has 0 aliphatic carbocycles. The predicted molar refractivity (Wildman–Crippen MR) is 73.1 cm³/mol. The zero-order valence-electron chi connectivity index (χ0n) is 12.4. The van der Waals surface area contributed by atoms with Crippen LogP contribution in [0.15, 0.2) is 0 Å².